The van der Waals surface area contributed by atoms with E-state index in [0.29, 0.717) is 32.0 Å². The van der Waals surface area contributed by atoms with Gasteiger partial charge in [-0.05, 0) is 37.1 Å². The van der Waals surface area contributed by atoms with Gasteiger partial charge < -0.3 is 14.6 Å². The Hall–Kier alpha value is -1.64. The van der Waals surface area contributed by atoms with Gasteiger partial charge in [-0.25, -0.2) is 8.42 Å². The Morgan fingerprint density at radius 3 is 2.33 bits per heavy atom. The van der Waals surface area contributed by atoms with Crippen molar-refractivity contribution in [1.29, 1.82) is 0 Å². The highest BCUT2D eigenvalue weighted by Gasteiger charge is 2.29. The van der Waals surface area contributed by atoms with Crippen LogP contribution in [-0.2, 0) is 19.6 Å². The highest BCUT2D eigenvalue weighted by Crippen LogP contribution is 2.18. The molecule has 1 rings (SSSR count). The standard InChI is InChI=1S/C16H25NO6S/c1-4-12(3)15(16(18)19)17-24(20,21)14-8-6-13(7-9-14)23-11-10-22-5-2/h6-9,12,15,17H,4-5,10-11H2,1-3H3,(H,18,19)/t12-,15-/m0/s1. The summed E-state index contributed by atoms with van der Waals surface area (Å²) in [6, 6.07) is 4.66. The summed E-state index contributed by atoms with van der Waals surface area (Å²) in [5.41, 5.74) is 0. The SMILES string of the molecule is CCOCCOc1ccc(S(=O)(=O)N[C@H](C(=O)O)[C@@H](C)CC)cc1. The van der Waals surface area contributed by atoms with Crippen molar-refractivity contribution >= 4 is 16.0 Å². The summed E-state index contributed by atoms with van der Waals surface area (Å²) < 4.78 is 37.5. The quantitative estimate of drug-likeness (QED) is 0.585. The Morgan fingerprint density at radius 2 is 1.83 bits per heavy atom. The van der Waals surface area contributed by atoms with E-state index >= 15 is 0 Å². The minimum atomic E-state index is -3.92. The highest BCUT2D eigenvalue weighted by atomic mass is 32.2. The van der Waals surface area contributed by atoms with E-state index in [2.05, 4.69) is 4.72 Å². The van der Waals surface area contributed by atoms with Crippen LogP contribution < -0.4 is 9.46 Å². The maximum Gasteiger partial charge on any atom is 0.322 e. The molecular weight excluding hydrogens is 334 g/mol. The number of nitrogens with one attached hydrogen (secondary N) is 1. The molecule has 0 saturated heterocycles. The van der Waals surface area contributed by atoms with Crippen LogP contribution in [0.4, 0.5) is 0 Å². The van der Waals surface area contributed by atoms with Gasteiger partial charge >= 0.3 is 5.97 Å². The molecule has 0 bridgehead atoms. The zero-order chi connectivity index (χ0) is 18.2. The Balaban J connectivity index is 2.78. The molecule has 2 atom stereocenters. The molecule has 8 heteroatoms. The summed E-state index contributed by atoms with van der Waals surface area (Å²) in [6.45, 7) is 6.81. The van der Waals surface area contributed by atoms with Gasteiger partial charge in [-0.15, -0.1) is 0 Å². The fourth-order valence-electron chi connectivity index (χ4n) is 1.96. The molecule has 1 aromatic carbocycles. The lowest BCUT2D eigenvalue weighted by Gasteiger charge is -2.20. The normalized spacial score (nSPS) is 14.1. The third kappa shape index (κ3) is 6.10. The van der Waals surface area contributed by atoms with E-state index in [4.69, 9.17) is 9.47 Å². The fraction of sp³-hybridized carbons (Fsp3) is 0.562. The first-order valence-electron chi connectivity index (χ1n) is 7.87. The number of hydrogen-bond acceptors (Lipinski definition) is 5. The van der Waals surface area contributed by atoms with E-state index in [1.54, 1.807) is 6.92 Å². The number of hydrogen-bond donors (Lipinski definition) is 2. The average molecular weight is 359 g/mol. The van der Waals surface area contributed by atoms with Crippen LogP contribution >= 0.6 is 0 Å². The molecule has 0 heterocycles. The lowest BCUT2D eigenvalue weighted by Crippen LogP contribution is -2.44. The molecule has 136 valence electrons. The van der Waals surface area contributed by atoms with E-state index in [-0.39, 0.29) is 10.8 Å². The summed E-state index contributed by atoms with van der Waals surface area (Å²) in [5.74, 6) is -0.993. The van der Waals surface area contributed by atoms with Gasteiger partial charge in [0.1, 0.15) is 18.4 Å². The lowest BCUT2D eigenvalue weighted by molar-refractivity contribution is -0.140. The fourth-order valence-corrected chi connectivity index (χ4v) is 3.26. The highest BCUT2D eigenvalue weighted by molar-refractivity contribution is 7.89. The van der Waals surface area contributed by atoms with Gasteiger partial charge in [0.25, 0.3) is 0 Å². The molecule has 0 saturated carbocycles. The van der Waals surface area contributed by atoms with Gasteiger partial charge in [0.15, 0.2) is 0 Å². The van der Waals surface area contributed by atoms with E-state index < -0.39 is 22.0 Å². The van der Waals surface area contributed by atoms with E-state index in [9.17, 15) is 18.3 Å². The summed E-state index contributed by atoms with van der Waals surface area (Å²) in [4.78, 5) is 11.3. The van der Waals surface area contributed by atoms with Crippen LogP contribution in [0, 0.1) is 5.92 Å². The van der Waals surface area contributed by atoms with Gasteiger partial charge in [0.2, 0.25) is 10.0 Å². The zero-order valence-electron chi connectivity index (χ0n) is 14.2. The van der Waals surface area contributed by atoms with E-state index in [1.807, 2.05) is 13.8 Å². The van der Waals surface area contributed by atoms with Crippen LogP contribution in [0.2, 0.25) is 0 Å². The van der Waals surface area contributed by atoms with Crippen molar-refractivity contribution in [2.45, 2.75) is 38.1 Å². The Labute approximate surface area is 143 Å². The van der Waals surface area contributed by atoms with Crippen LogP contribution in [-0.4, -0.2) is 45.4 Å². The Bertz CT molecular complexity index is 614. The van der Waals surface area contributed by atoms with Crippen LogP contribution in [0.3, 0.4) is 0 Å². The third-order valence-corrected chi connectivity index (χ3v) is 5.05. The lowest BCUT2D eigenvalue weighted by atomic mass is 10.0. The summed E-state index contributed by atoms with van der Waals surface area (Å²) in [5, 5.41) is 9.21. The second-order valence-corrected chi connectivity index (χ2v) is 7.05. The molecule has 7 nitrogen and oxygen atoms in total. The van der Waals surface area contributed by atoms with Crippen LogP contribution in [0.5, 0.6) is 5.75 Å². The molecule has 0 spiro atoms. The summed E-state index contributed by atoms with van der Waals surface area (Å²) in [7, 11) is -3.92. The maximum atomic E-state index is 12.3. The van der Waals surface area contributed by atoms with Crippen molar-refractivity contribution in [3.05, 3.63) is 24.3 Å². The molecule has 24 heavy (non-hydrogen) atoms. The molecular formula is C16H25NO6S. The van der Waals surface area contributed by atoms with Crippen molar-refractivity contribution < 1.29 is 27.8 Å². The molecule has 0 radical (unpaired) electrons. The topological polar surface area (TPSA) is 102 Å². The number of carbonyl (C=O) groups is 1. The van der Waals surface area contributed by atoms with Gasteiger partial charge in [-0.2, -0.15) is 4.72 Å². The second-order valence-electron chi connectivity index (χ2n) is 5.34. The number of ether oxygens (including phenoxy) is 2. The smallest absolute Gasteiger partial charge is 0.322 e. The van der Waals surface area contributed by atoms with Crippen LogP contribution in [0.25, 0.3) is 0 Å². The molecule has 0 amide bonds. The van der Waals surface area contributed by atoms with Gasteiger partial charge in [-0.1, -0.05) is 20.3 Å². The van der Waals surface area contributed by atoms with Crippen molar-refractivity contribution in [2.75, 3.05) is 19.8 Å². The molecule has 0 aliphatic rings. The molecule has 2 N–H and O–H groups in total. The number of rotatable bonds is 11. The van der Waals surface area contributed by atoms with E-state index in [1.165, 1.54) is 24.3 Å². The first-order valence-corrected chi connectivity index (χ1v) is 9.35. The predicted octanol–water partition coefficient (Wildman–Crippen LogP) is 1.88. The summed E-state index contributed by atoms with van der Waals surface area (Å²) >= 11 is 0. The van der Waals surface area contributed by atoms with Gasteiger partial charge in [0.05, 0.1) is 11.5 Å². The third-order valence-electron chi connectivity index (χ3n) is 3.60. The van der Waals surface area contributed by atoms with Crippen LogP contribution in [0.1, 0.15) is 27.2 Å². The van der Waals surface area contributed by atoms with Crippen molar-refractivity contribution in [3.63, 3.8) is 0 Å². The second kappa shape index (κ2) is 9.61. The predicted molar refractivity (Wildman–Crippen MR) is 89.6 cm³/mol. The molecule has 0 aromatic heterocycles. The van der Waals surface area contributed by atoms with Gasteiger partial charge in [-0.3, -0.25) is 4.79 Å². The average Bonchev–Trinajstić information content (AvgIpc) is 2.56. The molecule has 0 unspecified atom stereocenters. The zero-order valence-corrected chi connectivity index (χ0v) is 15.0. The molecule has 1 aromatic rings. The number of benzene rings is 1. The number of aliphatic carboxylic acids is 1. The van der Waals surface area contributed by atoms with E-state index in [0.717, 1.165) is 0 Å². The minimum absolute atomic E-state index is 0.00536. The largest absolute Gasteiger partial charge is 0.491 e. The molecule has 0 aliphatic heterocycles. The first-order chi connectivity index (χ1) is 11.3. The van der Waals surface area contributed by atoms with Crippen molar-refractivity contribution in [3.8, 4) is 5.75 Å². The number of carboxylic acids is 1. The van der Waals surface area contributed by atoms with Crippen molar-refractivity contribution in [1.82, 2.24) is 4.72 Å². The molecule has 0 fully saturated rings. The molecule has 0 aliphatic carbocycles. The Morgan fingerprint density at radius 1 is 1.21 bits per heavy atom. The minimum Gasteiger partial charge on any atom is -0.491 e. The van der Waals surface area contributed by atoms with Crippen molar-refractivity contribution in [2.24, 2.45) is 5.92 Å². The monoisotopic (exact) mass is 359 g/mol. The number of sulfonamides is 1. The first kappa shape index (κ1) is 20.4. The Kier molecular flexibility index (Phi) is 8.17. The summed E-state index contributed by atoms with van der Waals surface area (Å²) in [6.07, 6.45) is 0.548. The maximum absolute atomic E-state index is 12.3. The van der Waals surface area contributed by atoms with Gasteiger partial charge in [0, 0.05) is 6.61 Å². The number of carboxylic acid groups (broad SMARTS) is 1. The van der Waals surface area contributed by atoms with Crippen LogP contribution in [0.15, 0.2) is 29.2 Å².